The molecule has 2 aliphatic rings. The maximum Gasteiger partial charge on any atom is 0.352 e. The molecule has 14 heteroatoms. The average Bonchev–Trinajstić information content (AvgIpc) is 3.56. The number of ether oxygens (including phenoxy) is 2. The van der Waals surface area contributed by atoms with Gasteiger partial charge in [0.2, 0.25) is 0 Å². The monoisotopic (exact) mass is 463 g/mol. The normalized spacial score (nSPS) is 24.2. The van der Waals surface area contributed by atoms with Crippen LogP contribution in [0.2, 0.25) is 0 Å². The Labute approximate surface area is 184 Å². The molecule has 3 aromatic heterocycles. The average molecular weight is 463 g/mol. The van der Waals surface area contributed by atoms with Gasteiger partial charge in [-0.2, -0.15) is 4.98 Å². The number of aliphatic hydroxyl groups is 2. The second-order valence-electron chi connectivity index (χ2n) is 7.32. The number of anilines is 1. The zero-order chi connectivity index (χ0) is 23.5. The first-order chi connectivity index (χ1) is 15.9. The highest BCUT2D eigenvalue weighted by molar-refractivity contribution is 5.68. The van der Waals surface area contributed by atoms with Gasteiger partial charge in [-0.25, -0.2) is 19.2 Å². The van der Waals surface area contributed by atoms with Gasteiger partial charge in [0.15, 0.2) is 29.0 Å². The van der Waals surface area contributed by atoms with Crippen molar-refractivity contribution in [3.8, 4) is 0 Å². The number of aliphatic hydroxyl groups excluding tert-OH is 2. The molecule has 5 rings (SSSR count). The molecule has 176 valence electrons. The summed E-state index contributed by atoms with van der Waals surface area (Å²) in [5.41, 5.74) is 5.00. The van der Waals surface area contributed by atoms with Gasteiger partial charge in [0.05, 0.1) is 38.2 Å². The Hall–Kier alpha value is -3.46. The molecule has 0 unspecified atom stereocenters. The van der Waals surface area contributed by atoms with Crippen LogP contribution in [-0.2, 0) is 9.47 Å². The van der Waals surface area contributed by atoms with Crippen molar-refractivity contribution in [2.24, 2.45) is 0 Å². The second-order valence-corrected chi connectivity index (χ2v) is 7.32. The topological polar surface area (TPSA) is 183 Å². The number of halogens is 1. The number of nitrogens with one attached hydrogen (secondary N) is 1. The zero-order valence-corrected chi connectivity index (χ0v) is 17.2. The highest BCUT2D eigenvalue weighted by Gasteiger charge is 2.27. The Morgan fingerprint density at radius 3 is 2.67 bits per heavy atom. The molecular formula is C19H22FN7O6. The summed E-state index contributed by atoms with van der Waals surface area (Å²) in [5.74, 6) is -1.23. The van der Waals surface area contributed by atoms with Crippen molar-refractivity contribution in [1.29, 1.82) is 0 Å². The SMILES string of the molecule is Nc1nc(=O)n([C@@H]2C=C[C@H](CO)O2)cc1F.O=c1[nH]cnc2c1ncn2[C@H]1CC[C@@H](CO)O1. The van der Waals surface area contributed by atoms with Gasteiger partial charge >= 0.3 is 5.69 Å². The molecule has 3 aromatic rings. The minimum absolute atomic E-state index is 0.0111. The van der Waals surface area contributed by atoms with E-state index in [4.69, 9.17) is 25.4 Å². The second kappa shape index (κ2) is 9.58. The minimum atomic E-state index is -0.788. The lowest BCUT2D eigenvalue weighted by atomic mass is 10.2. The van der Waals surface area contributed by atoms with Crippen molar-refractivity contribution in [2.75, 3.05) is 18.9 Å². The van der Waals surface area contributed by atoms with Gasteiger partial charge in [0.1, 0.15) is 12.3 Å². The number of fused-ring (bicyclic) bond motifs is 1. The standard InChI is InChI=1S/C10H12N4O3.C9H10FN3O3/c15-3-6-1-2-7(17-6)14-5-13-8-9(14)11-4-12-10(8)16;10-6-3-13(9(15)12-8(6)11)7-2-1-5(4-14)16-7/h4-7,15H,1-3H2,(H,11,12,16);1-3,5,7,14H,4H2,(H2,11,12,15)/t6-,7+;5-,7+/m01/s1. The van der Waals surface area contributed by atoms with Crippen LogP contribution >= 0.6 is 0 Å². The van der Waals surface area contributed by atoms with Crippen LogP contribution in [0.15, 0.2) is 40.6 Å². The largest absolute Gasteiger partial charge is 0.394 e. The van der Waals surface area contributed by atoms with Crippen molar-refractivity contribution in [3.05, 3.63) is 57.7 Å². The predicted octanol–water partition coefficient (Wildman–Crippen LogP) is -0.800. The third kappa shape index (κ3) is 4.68. The molecule has 0 aliphatic carbocycles. The van der Waals surface area contributed by atoms with Crippen LogP contribution in [0.5, 0.6) is 0 Å². The number of aromatic amines is 1. The summed E-state index contributed by atoms with van der Waals surface area (Å²) in [7, 11) is 0. The van der Waals surface area contributed by atoms with Crippen molar-refractivity contribution < 1.29 is 24.1 Å². The lowest BCUT2D eigenvalue weighted by Gasteiger charge is -2.14. The Bertz CT molecular complexity index is 1270. The van der Waals surface area contributed by atoms with E-state index in [0.717, 1.165) is 23.6 Å². The number of H-pyrrole nitrogens is 1. The Kier molecular flexibility index (Phi) is 6.60. The summed E-state index contributed by atoms with van der Waals surface area (Å²) in [5, 5.41) is 17.8. The number of nitrogens with zero attached hydrogens (tertiary/aromatic N) is 5. The van der Waals surface area contributed by atoms with E-state index in [2.05, 4.69) is 19.9 Å². The Balaban J connectivity index is 0.000000157. The first-order valence-corrected chi connectivity index (χ1v) is 10.1. The fourth-order valence-corrected chi connectivity index (χ4v) is 3.49. The molecule has 1 saturated heterocycles. The smallest absolute Gasteiger partial charge is 0.352 e. The summed E-state index contributed by atoms with van der Waals surface area (Å²) in [4.78, 5) is 36.8. The molecule has 0 amide bonds. The van der Waals surface area contributed by atoms with E-state index in [1.54, 1.807) is 23.0 Å². The highest BCUT2D eigenvalue weighted by Crippen LogP contribution is 2.29. The highest BCUT2D eigenvalue weighted by atomic mass is 19.1. The molecule has 1 fully saturated rings. The van der Waals surface area contributed by atoms with Crippen molar-refractivity contribution in [3.63, 3.8) is 0 Å². The van der Waals surface area contributed by atoms with Crippen LogP contribution in [0.1, 0.15) is 25.3 Å². The van der Waals surface area contributed by atoms with Crippen molar-refractivity contribution >= 4 is 17.0 Å². The number of imidazole rings is 1. The van der Waals surface area contributed by atoms with Crippen molar-refractivity contribution in [1.82, 2.24) is 29.1 Å². The van der Waals surface area contributed by atoms with E-state index < -0.39 is 29.7 Å². The van der Waals surface area contributed by atoms with Gasteiger partial charge in [-0.05, 0) is 18.9 Å². The molecule has 0 spiro atoms. The van der Waals surface area contributed by atoms with Crippen LogP contribution in [0.4, 0.5) is 10.2 Å². The van der Waals surface area contributed by atoms with Gasteiger partial charge in [-0.3, -0.25) is 13.9 Å². The molecule has 5 N–H and O–H groups in total. The van der Waals surface area contributed by atoms with Crippen molar-refractivity contribution in [2.45, 2.75) is 37.5 Å². The summed E-state index contributed by atoms with van der Waals surface area (Å²) in [6.07, 6.45) is 6.95. The van der Waals surface area contributed by atoms with Gasteiger partial charge in [0.25, 0.3) is 5.56 Å². The van der Waals surface area contributed by atoms with Crippen LogP contribution < -0.4 is 17.0 Å². The molecule has 2 aliphatic heterocycles. The molecular weight excluding hydrogens is 441 g/mol. The molecule has 33 heavy (non-hydrogen) atoms. The van der Waals surface area contributed by atoms with Crippen LogP contribution in [0.25, 0.3) is 11.2 Å². The summed E-state index contributed by atoms with van der Waals surface area (Å²) in [6.45, 7) is -0.191. The number of aromatic nitrogens is 6. The summed E-state index contributed by atoms with van der Waals surface area (Å²) < 4.78 is 26.7. The van der Waals surface area contributed by atoms with Gasteiger partial charge in [-0.15, -0.1) is 0 Å². The van der Waals surface area contributed by atoms with E-state index in [1.165, 1.54) is 6.33 Å². The van der Waals surface area contributed by atoms with E-state index in [-0.39, 0.29) is 31.1 Å². The number of nitrogen functional groups attached to an aromatic ring is 1. The fraction of sp³-hybridized carbons (Fsp3) is 0.421. The lowest BCUT2D eigenvalue weighted by Crippen LogP contribution is -2.29. The van der Waals surface area contributed by atoms with Gasteiger partial charge in [-0.1, -0.05) is 6.08 Å². The van der Waals surface area contributed by atoms with E-state index in [0.29, 0.717) is 11.2 Å². The summed E-state index contributed by atoms with van der Waals surface area (Å²) >= 11 is 0. The first kappa shape index (κ1) is 22.7. The molecule has 0 aromatic carbocycles. The van der Waals surface area contributed by atoms with Gasteiger partial charge < -0.3 is 30.4 Å². The first-order valence-electron chi connectivity index (χ1n) is 10.1. The van der Waals surface area contributed by atoms with Crippen LogP contribution in [-0.4, -0.2) is 64.7 Å². The van der Waals surface area contributed by atoms with E-state index in [1.807, 2.05) is 0 Å². The maximum absolute atomic E-state index is 13.1. The quantitative estimate of drug-likeness (QED) is 0.357. The number of hydrogen-bond acceptors (Lipinski definition) is 10. The third-order valence-corrected chi connectivity index (χ3v) is 5.16. The Morgan fingerprint density at radius 1 is 1.15 bits per heavy atom. The zero-order valence-electron chi connectivity index (χ0n) is 17.2. The Morgan fingerprint density at radius 2 is 1.97 bits per heavy atom. The molecule has 0 bridgehead atoms. The van der Waals surface area contributed by atoms with Crippen LogP contribution in [0, 0.1) is 5.82 Å². The van der Waals surface area contributed by atoms with E-state index in [9.17, 15) is 14.0 Å². The third-order valence-electron chi connectivity index (χ3n) is 5.16. The molecule has 4 atom stereocenters. The molecule has 13 nitrogen and oxygen atoms in total. The molecule has 0 saturated carbocycles. The predicted molar refractivity (Wildman–Crippen MR) is 111 cm³/mol. The lowest BCUT2D eigenvalue weighted by molar-refractivity contribution is -0.0207. The van der Waals surface area contributed by atoms with Gasteiger partial charge in [0, 0.05) is 0 Å². The van der Waals surface area contributed by atoms with E-state index >= 15 is 0 Å². The minimum Gasteiger partial charge on any atom is -0.394 e. The molecule has 0 radical (unpaired) electrons. The van der Waals surface area contributed by atoms with Crippen LogP contribution in [0.3, 0.4) is 0 Å². The number of hydrogen-bond donors (Lipinski definition) is 4. The fourth-order valence-electron chi connectivity index (χ4n) is 3.49. The number of nitrogens with two attached hydrogens (primary N) is 1. The summed E-state index contributed by atoms with van der Waals surface area (Å²) in [6, 6.07) is 0. The maximum atomic E-state index is 13.1. The molecule has 5 heterocycles. The number of rotatable bonds is 4.